The van der Waals surface area contributed by atoms with Crippen LogP contribution in [0.5, 0.6) is 6.01 Å². The first-order valence-corrected chi connectivity index (χ1v) is 4.91. The highest BCUT2D eigenvalue weighted by Gasteiger charge is 2.00. The molecule has 0 spiro atoms. The van der Waals surface area contributed by atoms with Gasteiger partial charge in [0.25, 0.3) is 0 Å². The number of methoxy groups -OCH3 is 1. The highest BCUT2D eigenvalue weighted by molar-refractivity contribution is 6.30. The summed E-state index contributed by atoms with van der Waals surface area (Å²) >= 11 is 5.83. The zero-order chi connectivity index (χ0) is 11.4. The third kappa shape index (κ3) is 2.58. The molecule has 6 heteroatoms. The molecular formula is C10H9ClN4O. The van der Waals surface area contributed by atoms with Gasteiger partial charge >= 0.3 is 6.01 Å². The number of anilines is 2. The summed E-state index contributed by atoms with van der Waals surface area (Å²) in [5.41, 5.74) is 0. The molecule has 82 valence electrons. The van der Waals surface area contributed by atoms with Crippen molar-refractivity contribution in [1.29, 1.82) is 0 Å². The molecule has 0 fully saturated rings. The summed E-state index contributed by atoms with van der Waals surface area (Å²) in [6, 6.07) is 5.42. The number of aromatic nitrogens is 3. The lowest BCUT2D eigenvalue weighted by Gasteiger charge is -2.05. The second-order valence-electron chi connectivity index (χ2n) is 2.91. The standard InChI is InChI=1S/C10H9ClN4O/c1-16-10-13-5-3-8(15-10)14-9-6-7(11)2-4-12-9/h2-6H,1H3,(H,12,13,14,15). The Morgan fingerprint density at radius 1 is 1.19 bits per heavy atom. The van der Waals surface area contributed by atoms with Crippen molar-refractivity contribution < 1.29 is 4.74 Å². The molecule has 0 aliphatic heterocycles. The Hall–Kier alpha value is -1.88. The molecule has 0 aliphatic carbocycles. The monoisotopic (exact) mass is 236 g/mol. The topological polar surface area (TPSA) is 59.9 Å². The summed E-state index contributed by atoms with van der Waals surface area (Å²) in [4.78, 5) is 12.1. The number of pyridine rings is 1. The van der Waals surface area contributed by atoms with E-state index >= 15 is 0 Å². The van der Waals surface area contributed by atoms with E-state index in [1.807, 2.05) is 0 Å². The maximum atomic E-state index is 5.83. The van der Waals surface area contributed by atoms with Crippen molar-refractivity contribution in [3.63, 3.8) is 0 Å². The average molecular weight is 237 g/mol. The van der Waals surface area contributed by atoms with Gasteiger partial charge in [0.2, 0.25) is 0 Å². The van der Waals surface area contributed by atoms with E-state index in [-0.39, 0.29) is 0 Å². The molecule has 1 N–H and O–H groups in total. The van der Waals surface area contributed by atoms with Crippen LogP contribution in [0.3, 0.4) is 0 Å². The van der Waals surface area contributed by atoms with Gasteiger partial charge in [-0.1, -0.05) is 11.6 Å². The molecule has 5 nitrogen and oxygen atoms in total. The van der Waals surface area contributed by atoms with Gasteiger partial charge in [0.05, 0.1) is 7.11 Å². The van der Waals surface area contributed by atoms with Crippen molar-refractivity contribution >= 4 is 23.2 Å². The molecule has 0 unspecified atom stereocenters. The van der Waals surface area contributed by atoms with Gasteiger partial charge in [-0.05, 0) is 18.2 Å². The predicted molar refractivity (Wildman–Crippen MR) is 61.1 cm³/mol. The van der Waals surface area contributed by atoms with E-state index in [0.717, 1.165) is 0 Å². The Labute approximate surface area is 97.5 Å². The molecule has 2 heterocycles. The number of hydrogen-bond acceptors (Lipinski definition) is 5. The van der Waals surface area contributed by atoms with Crippen LogP contribution in [0.1, 0.15) is 0 Å². The molecule has 2 aromatic heterocycles. The van der Waals surface area contributed by atoms with E-state index in [1.54, 1.807) is 30.6 Å². The Bertz CT molecular complexity index is 492. The fourth-order valence-electron chi connectivity index (χ4n) is 1.11. The summed E-state index contributed by atoms with van der Waals surface area (Å²) < 4.78 is 4.91. The number of halogens is 1. The third-order valence-electron chi connectivity index (χ3n) is 1.79. The molecule has 2 rings (SSSR count). The number of ether oxygens (including phenoxy) is 1. The minimum absolute atomic E-state index is 0.298. The van der Waals surface area contributed by atoms with Crippen molar-refractivity contribution in [2.45, 2.75) is 0 Å². The van der Waals surface area contributed by atoms with E-state index in [2.05, 4.69) is 20.3 Å². The first-order valence-electron chi connectivity index (χ1n) is 4.53. The van der Waals surface area contributed by atoms with Crippen LogP contribution in [0.15, 0.2) is 30.6 Å². The Balaban J connectivity index is 2.20. The SMILES string of the molecule is COc1nccc(Nc2cc(Cl)ccn2)n1. The molecule has 0 bridgehead atoms. The van der Waals surface area contributed by atoms with Crippen LogP contribution in [0.2, 0.25) is 5.02 Å². The zero-order valence-corrected chi connectivity index (χ0v) is 9.27. The fraction of sp³-hybridized carbons (Fsp3) is 0.100. The smallest absolute Gasteiger partial charge is 0.318 e. The molecular weight excluding hydrogens is 228 g/mol. The van der Waals surface area contributed by atoms with Crippen LogP contribution in [0, 0.1) is 0 Å². The lowest BCUT2D eigenvalue weighted by atomic mass is 10.4. The Morgan fingerprint density at radius 3 is 2.75 bits per heavy atom. The summed E-state index contributed by atoms with van der Waals surface area (Å²) in [6.45, 7) is 0. The van der Waals surface area contributed by atoms with Crippen LogP contribution in [0.25, 0.3) is 0 Å². The molecule has 0 aliphatic rings. The van der Waals surface area contributed by atoms with E-state index in [9.17, 15) is 0 Å². The first kappa shape index (κ1) is 10.6. The van der Waals surface area contributed by atoms with E-state index < -0.39 is 0 Å². The number of hydrogen-bond donors (Lipinski definition) is 1. The quantitative estimate of drug-likeness (QED) is 0.886. The van der Waals surface area contributed by atoms with Crippen LogP contribution < -0.4 is 10.1 Å². The van der Waals surface area contributed by atoms with E-state index in [1.165, 1.54) is 7.11 Å². The van der Waals surface area contributed by atoms with Gasteiger partial charge in [0.15, 0.2) is 0 Å². The average Bonchev–Trinajstić information content (AvgIpc) is 2.29. The van der Waals surface area contributed by atoms with Gasteiger partial charge in [-0.2, -0.15) is 4.98 Å². The summed E-state index contributed by atoms with van der Waals surface area (Å²) in [5, 5.41) is 3.60. The summed E-state index contributed by atoms with van der Waals surface area (Å²) in [5.74, 6) is 1.22. The predicted octanol–water partition coefficient (Wildman–Crippen LogP) is 2.28. The number of rotatable bonds is 3. The van der Waals surface area contributed by atoms with E-state index in [0.29, 0.717) is 22.7 Å². The number of nitrogens with zero attached hydrogens (tertiary/aromatic N) is 3. The highest BCUT2D eigenvalue weighted by atomic mass is 35.5. The lowest BCUT2D eigenvalue weighted by Crippen LogP contribution is -1.98. The minimum Gasteiger partial charge on any atom is -0.467 e. The molecule has 0 amide bonds. The van der Waals surface area contributed by atoms with Crippen molar-refractivity contribution in [2.24, 2.45) is 0 Å². The fourth-order valence-corrected chi connectivity index (χ4v) is 1.27. The van der Waals surface area contributed by atoms with Crippen molar-refractivity contribution in [3.05, 3.63) is 35.6 Å². The van der Waals surface area contributed by atoms with Gasteiger partial charge in [-0.15, -0.1) is 0 Å². The Morgan fingerprint density at radius 2 is 2.00 bits per heavy atom. The van der Waals surface area contributed by atoms with Gasteiger partial charge in [0.1, 0.15) is 11.6 Å². The Kier molecular flexibility index (Phi) is 3.16. The van der Waals surface area contributed by atoms with Gasteiger partial charge in [-0.3, -0.25) is 0 Å². The molecule has 0 saturated heterocycles. The molecule has 0 atom stereocenters. The van der Waals surface area contributed by atoms with Crippen LogP contribution in [-0.4, -0.2) is 22.1 Å². The third-order valence-corrected chi connectivity index (χ3v) is 2.03. The zero-order valence-electron chi connectivity index (χ0n) is 8.51. The molecule has 0 radical (unpaired) electrons. The van der Waals surface area contributed by atoms with Crippen molar-refractivity contribution in [3.8, 4) is 6.01 Å². The summed E-state index contributed by atoms with van der Waals surface area (Å²) in [6.07, 6.45) is 3.21. The first-order chi connectivity index (χ1) is 7.78. The molecule has 0 aromatic carbocycles. The molecule has 16 heavy (non-hydrogen) atoms. The van der Waals surface area contributed by atoms with Crippen molar-refractivity contribution in [2.75, 3.05) is 12.4 Å². The second kappa shape index (κ2) is 4.76. The van der Waals surface area contributed by atoms with Crippen LogP contribution >= 0.6 is 11.6 Å². The molecule has 0 saturated carbocycles. The largest absolute Gasteiger partial charge is 0.467 e. The van der Waals surface area contributed by atoms with Crippen LogP contribution in [0.4, 0.5) is 11.6 Å². The maximum absolute atomic E-state index is 5.83. The number of nitrogens with one attached hydrogen (secondary N) is 1. The van der Waals surface area contributed by atoms with Gasteiger partial charge in [0, 0.05) is 17.4 Å². The van der Waals surface area contributed by atoms with E-state index in [4.69, 9.17) is 16.3 Å². The van der Waals surface area contributed by atoms with Gasteiger partial charge < -0.3 is 10.1 Å². The maximum Gasteiger partial charge on any atom is 0.318 e. The van der Waals surface area contributed by atoms with Gasteiger partial charge in [-0.25, -0.2) is 9.97 Å². The summed E-state index contributed by atoms with van der Waals surface area (Å²) in [7, 11) is 1.51. The van der Waals surface area contributed by atoms with Crippen LogP contribution in [-0.2, 0) is 0 Å². The minimum atomic E-state index is 0.298. The highest BCUT2D eigenvalue weighted by Crippen LogP contribution is 2.16. The normalized spacial score (nSPS) is 9.88. The second-order valence-corrected chi connectivity index (χ2v) is 3.35. The lowest BCUT2D eigenvalue weighted by molar-refractivity contribution is 0.380. The van der Waals surface area contributed by atoms with Crippen molar-refractivity contribution in [1.82, 2.24) is 15.0 Å². The molecule has 2 aromatic rings.